The second-order valence-electron chi connectivity index (χ2n) is 4.73. The average Bonchev–Trinajstić information content (AvgIpc) is 2.31. The Kier molecular flexibility index (Phi) is 6.76. The Morgan fingerprint density at radius 2 is 2.06 bits per heavy atom. The lowest BCUT2D eigenvalue weighted by molar-refractivity contribution is -0.120. The Labute approximate surface area is 114 Å². The minimum Gasteiger partial charge on any atom is -0.355 e. The van der Waals surface area contributed by atoms with E-state index in [0.29, 0.717) is 19.0 Å². The number of carbonyl (C=O) groups is 1. The van der Waals surface area contributed by atoms with Gasteiger partial charge in [-0.25, -0.2) is 0 Å². The van der Waals surface area contributed by atoms with Crippen LogP contribution in [0.25, 0.3) is 0 Å². The number of hydrogen-bond donors (Lipinski definition) is 2. The first-order valence-corrected chi connectivity index (χ1v) is 6.68. The van der Waals surface area contributed by atoms with E-state index >= 15 is 0 Å². The van der Waals surface area contributed by atoms with Crippen LogP contribution in [-0.2, 0) is 11.3 Å². The Balaban J connectivity index is 2.18. The van der Waals surface area contributed by atoms with Gasteiger partial charge in [-0.05, 0) is 24.0 Å². The molecule has 0 fully saturated rings. The zero-order valence-electron chi connectivity index (χ0n) is 11.0. The molecule has 0 unspecified atom stereocenters. The van der Waals surface area contributed by atoms with Crippen molar-refractivity contribution in [2.24, 2.45) is 5.92 Å². The molecule has 0 aliphatic heterocycles. The first kappa shape index (κ1) is 15.0. The highest BCUT2D eigenvalue weighted by Crippen LogP contribution is 2.13. The summed E-state index contributed by atoms with van der Waals surface area (Å²) in [6.07, 6.45) is 1.01. The van der Waals surface area contributed by atoms with Gasteiger partial charge in [-0.15, -0.1) is 0 Å². The largest absolute Gasteiger partial charge is 0.355 e. The molecule has 2 N–H and O–H groups in total. The molecule has 0 atom stereocenters. The molecule has 4 heteroatoms. The maximum atomic E-state index is 11.5. The highest BCUT2D eigenvalue weighted by atomic mass is 35.5. The molecule has 0 saturated carbocycles. The van der Waals surface area contributed by atoms with E-state index < -0.39 is 0 Å². The lowest BCUT2D eigenvalue weighted by Gasteiger charge is -2.08. The van der Waals surface area contributed by atoms with Gasteiger partial charge in [0.15, 0.2) is 0 Å². The van der Waals surface area contributed by atoms with Gasteiger partial charge in [0.05, 0.1) is 6.54 Å². The van der Waals surface area contributed by atoms with Gasteiger partial charge in [-0.2, -0.15) is 0 Å². The fourth-order valence-corrected chi connectivity index (χ4v) is 1.72. The number of nitrogens with one attached hydrogen (secondary N) is 2. The number of hydrogen-bond acceptors (Lipinski definition) is 2. The number of halogens is 1. The molecule has 0 saturated heterocycles. The number of benzene rings is 1. The van der Waals surface area contributed by atoms with Crippen LogP contribution in [0.2, 0.25) is 5.02 Å². The highest BCUT2D eigenvalue weighted by molar-refractivity contribution is 6.31. The molecule has 18 heavy (non-hydrogen) atoms. The van der Waals surface area contributed by atoms with E-state index in [0.717, 1.165) is 23.6 Å². The summed E-state index contributed by atoms with van der Waals surface area (Å²) in [5, 5.41) is 6.69. The van der Waals surface area contributed by atoms with Gasteiger partial charge in [-0.3, -0.25) is 4.79 Å². The summed E-state index contributed by atoms with van der Waals surface area (Å²) < 4.78 is 0. The van der Waals surface area contributed by atoms with E-state index in [9.17, 15) is 4.79 Å². The molecular formula is C14H21ClN2O. The molecule has 1 amide bonds. The van der Waals surface area contributed by atoms with Crippen LogP contribution in [0.15, 0.2) is 24.3 Å². The smallest absolute Gasteiger partial charge is 0.233 e. The van der Waals surface area contributed by atoms with Crippen molar-refractivity contribution in [2.75, 3.05) is 13.1 Å². The Morgan fingerprint density at radius 1 is 1.33 bits per heavy atom. The van der Waals surface area contributed by atoms with Gasteiger partial charge in [0.25, 0.3) is 0 Å². The Morgan fingerprint density at radius 3 is 2.72 bits per heavy atom. The lowest BCUT2D eigenvalue weighted by atomic mass is 10.1. The van der Waals surface area contributed by atoms with Crippen LogP contribution in [0, 0.1) is 5.92 Å². The molecule has 0 aliphatic rings. The third-order valence-electron chi connectivity index (χ3n) is 2.60. The zero-order valence-corrected chi connectivity index (χ0v) is 11.8. The second kappa shape index (κ2) is 8.11. The van der Waals surface area contributed by atoms with Crippen molar-refractivity contribution < 1.29 is 4.79 Å². The SMILES string of the molecule is CC(C)CCNC(=O)CNCc1ccccc1Cl. The number of rotatable bonds is 7. The maximum absolute atomic E-state index is 11.5. The van der Waals surface area contributed by atoms with Crippen LogP contribution in [0.4, 0.5) is 0 Å². The minimum atomic E-state index is 0.0303. The second-order valence-corrected chi connectivity index (χ2v) is 5.13. The summed E-state index contributed by atoms with van der Waals surface area (Å²) in [5.41, 5.74) is 1.01. The molecular weight excluding hydrogens is 248 g/mol. The van der Waals surface area contributed by atoms with Gasteiger partial charge in [0, 0.05) is 18.1 Å². The van der Waals surface area contributed by atoms with Crippen molar-refractivity contribution in [2.45, 2.75) is 26.8 Å². The molecule has 0 radical (unpaired) electrons. The van der Waals surface area contributed by atoms with Crippen LogP contribution in [-0.4, -0.2) is 19.0 Å². The van der Waals surface area contributed by atoms with Crippen molar-refractivity contribution in [1.29, 1.82) is 0 Å². The van der Waals surface area contributed by atoms with E-state index in [-0.39, 0.29) is 5.91 Å². The van der Waals surface area contributed by atoms with Crippen molar-refractivity contribution in [3.63, 3.8) is 0 Å². The summed E-state index contributed by atoms with van der Waals surface area (Å²) in [6.45, 7) is 5.95. The van der Waals surface area contributed by atoms with Gasteiger partial charge in [0.1, 0.15) is 0 Å². The van der Waals surface area contributed by atoms with E-state index in [1.807, 2.05) is 24.3 Å². The van der Waals surface area contributed by atoms with Crippen LogP contribution in [0.1, 0.15) is 25.8 Å². The molecule has 0 spiro atoms. The lowest BCUT2D eigenvalue weighted by Crippen LogP contribution is -2.34. The minimum absolute atomic E-state index is 0.0303. The third-order valence-corrected chi connectivity index (χ3v) is 2.97. The normalized spacial score (nSPS) is 10.7. The van der Waals surface area contributed by atoms with Crippen LogP contribution >= 0.6 is 11.6 Å². The molecule has 3 nitrogen and oxygen atoms in total. The van der Waals surface area contributed by atoms with Crippen LogP contribution < -0.4 is 10.6 Å². The van der Waals surface area contributed by atoms with Crippen LogP contribution in [0.3, 0.4) is 0 Å². The predicted octanol–water partition coefficient (Wildman–Crippen LogP) is 2.59. The van der Waals surface area contributed by atoms with E-state index in [1.165, 1.54) is 0 Å². The van der Waals surface area contributed by atoms with Gasteiger partial charge >= 0.3 is 0 Å². The summed E-state index contributed by atoms with van der Waals surface area (Å²) in [4.78, 5) is 11.5. The standard InChI is InChI=1S/C14H21ClN2O/c1-11(2)7-8-17-14(18)10-16-9-12-5-3-4-6-13(12)15/h3-6,11,16H,7-10H2,1-2H3,(H,17,18). The molecule has 0 aromatic heterocycles. The van der Waals surface area contributed by atoms with Crippen molar-refractivity contribution in [3.8, 4) is 0 Å². The van der Waals surface area contributed by atoms with Crippen molar-refractivity contribution in [1.82, 2.24) is 10.6 Å². The van der Waals surface area contributed by atoms with E-state index in [1.54, 1.807) is 0 Å². The van der Waals surface area contributed by atoms with Gasteiger partial charge in [0.2, 0.25) is 5.91 Å². The molecule has 100 valence electrons. The fraction of sp³-hybridized carbons (Fsp3) is 0.500. The van der Waals surface area contributed by atoms with Gasteiger partial charge < -0.3 is 10.6 Å². The average molecular weight is 269 g/mol. The number of carbonyl (C=O) groups excluding carboxylic acids is 1. The fourth-order valence-electron chi connectivity index (χ4n) is 1.52. The van der Waals surface area contributed by atoms with Crippen molar-refractivity contribution >= 4 is 17.5 Å². The quantitative estimate of drug-likeness (QED) is 0.798. The monoisotopic (exact) mass is 268 g/mol. The van der Waals surface area contributed by atoms with E-state index in [2.05, 4.69) is 24.5 Å². The summed E-state index contributed by atoms with van der Waals surface area (Å²) >= 11 is 6.02. The topological polar surface area (TPSA) is 41.1 Å². The first-order chi connectivity index (χ1) is 8.59. The van der Waals surface area contributed by atoms with Crippen LogP contribution in [0.5, 0.6) is 0 Å². The molecule has 0 aliphatic carbocycles. The maximum Gasteiger partial charge on any atom is 0.233 e. The summed E-state index contributed by atoms with van der Waals surface area (Å²) in [5.74, 6) is 0.643. The molecule has 1 rings (SSSR count). The molecule has 0 bridgehead atoms. The predicted molar refractivity (Wildman–Crippen MR) is 75.6 cm³/mol. The summed E-state index contributed by atoms with van der Waals surface area (Å²) in [6, 6.07) is 7.63. The third kappa shape index (κ3) is 6.03. The highest BCUT2D eigenvalue weighted by Gasteiger charge is 2.02. The number of amides is 1. The van der Waals surface area contributed by atoms with E-state index in [4.69, 9.17) is 11.6 Å². The van der Waals surface area contributed by atoms with Crippen molar-refractivity contribution in [3.05, 3.63) is 34.9 Å². The molecule has 0 heterocycles. The molecule has 1 aromatic rings. The van der Waals surface area contributed by atoms with Gasteiger partial charge in [-0.1, -0.05) is 43.6 Å². The summed E-state index contributed by atoms with van der Waals surface area (Å²) in [7, 11) is 0. The first-order valence-electron chi connectivity index (χ1n) is 6.30. The Bertz CT molecular complexity index is 380. The molecule has 1 aromatic carbocycles. The zero-order chi connectivity index (χ0) is 13.4. The Hall–Kier alpha value is -1.06.